The largest absolute Gasteiger partial charge is 0.444 e. The standard InChI is InChI=1S/C12H24N2O3/c1-8-7-14(10(6-13)9(2)16-8)11(15)17-12(3,4)5/h8-10H,6-7,13H2,1-5H3/t8-,9-,10+/m0/s1. The normalized spacial score (nSPS) is 30.2. The molecule has 3 atom stereocenters. The van der Waals surface area contributed by atoms with Gasteiger partial charge in [0.15, 0.2) is 0 Å². The van der Waals surface area contributed by atoms with E-state index in [4.69, 9.17) is 15.2 Å². The number of nitrogens with zero attached hydrogens (tertiary/aromatic N) is 1. The Morgan fingerprint density at radius 3 is 2.53 bits per heavy atom. The van der Waals surface area contributed by atoms with Gasteiger partial charge in [0.05, 0.1) is 24.8 Å². The van der Waals surface area contributed by atoms with Crippen LogP contribution in [0.3, 0.4) is 0 Å². The van der Waals surface area contributed by atoms with Crippen LogP contribution in [0, 0.1) is 0 Å². The van der Waals surface area contributed by atoms with Crippen molar-refractivity contribution in [3.8, 4) is 0 Å². The number of hydrogen-bond acceptors (Lipinski definition) is 4. The third-order valence-corrected chi connectivity index (χ3v) is 2.71. The molecule has 1 aliphatic rings. The number of morpholine rings is 1. The molecule has 1 aliphatic heterocycles. The first-order valence-corrected chi connectivity index (χ1v) is 6.09. The molecule has 0 aliphatic carbocycles. The average molecular weight is 244 g/mol. The minimum atomic E-state index is -0.485. The third-order valence-electron chi connectivity index (χ3n) is 2.71. The number of hydrogen-bond donors (Lipinski definition) is 1. The van der Waals surface area contributed by atoms with E-state index < -0.39 is 5.60 Å². The Kier molecular flexibility index (Phi) is 4.38. The summed E-state index contributed by atoms with van der Waals surface area (Å²) in [6.07, 6.45) is -0.355. The minimum Gasteiger partial charge on any atom is -0.444 e. The number of amides is 1. The molecule has 5 nitrogen and oxygen atoms in total. The van der Waals surface area contributed by atoms with E-state index in [1.165, 1.54) is 0 Å². The van der Waals surface area contributed by atoms with Crippen LogP contribution >= 0.6 is 0 Å². The topological polar surface area (TPSA) is 64.8 Å². The zero-order valence-corrected chi connectivity index (χ0v) is 11.4. The van der Waals surface area contributed by atoms with Gasteiger partial charge in [-0.25, -0.2) is 4.79 Å². The Morgan fingerprint density at radius 2 is 2.06 bits per heavy atom. The number of carbonyl (C=O) groups is 1. The Hall–Kier alpha value is -0.810. The van der Waals surface area contributed by atoms with E-state index in [1.807, 2.05) is 34.6 Å². The maximum atomic E-state index is 12.1. The van der Waals surface area contributed by atoms with Crippen LogP contribution in [0.4, 0.5) is 4.79 Å². The molecule has 1 fully saturated rings. The summed E-state index contributed by atoms with van der Waals surface area (Å²) in [5.41, 5.74) is 5.22. The molecule has 0 bridgehead atoms. The van der Waals surface area contributed by atoms with Gasteiger partial charge in [0.2, 0.25) is 0 Å². The van der Waals surface area contributed by atoms with Crippen LogP contribution in [0.2, 0.25) is 0 Å². The molecule has 5 heteroatoms. The maximum absolute atomic E-state index is 12.1. The van der Waals surface area contributed by atoms with E-state index >= 15 is 0 Å². The molecular weight excluding hydrogens is 220 g/mol. The number of ether oxygens (including phenoxy) is 2. The van der Waals surface area contributed by atoms with Crippen molar-refractivity contribution in [1.29, 1.82) is 0 Å². The predicted molar refractivity (Wildman–Crippen MR) is 65.8 cm³/mol. The van der Waals surface area contributed by atoms with Gasteiger partial charge in [0.1, 0.15) is 5.60 Å². The van der Waals surface area contributed by atoms with E-state index in [2.05, 4.69) is 0 Å². The first-order valence-electron chi connectivity index (χ1n) is 6.09. The van der Waals surface area contributed by atoms with E-state index in [9.17, 15) is 4.79 Å². The highest BCUT2D eigenvalue weighted by Crippen LogP contribution is 2.20. The highest BCUT2D eigenvalue weighted by atomic mass is 16.6. The zero-order valence-electron chi connectivity index (χ0n) is 11.4. The lowest BCUT2D eigenvalue weighted by atomic mass is 10.1. The summed E-state index contributed by atoms with van der Waals surface area (Å²) >= 11 is 0. The van der Waals surface area contributed by atoms with Crippen molar-refractivity contribution < 1.29 is 14.3 Å². The van der Waals surface area contributed by atoms with E-state index in [-0.39, 0.29) is 24.3 Å². The van der Waals surface area contributed by atoms with Crippen LogP contribution in [0.5, 0.6) is 0 Å². The molecule has 0 spiro atoms. The fraction of sp³-hybridized carbons (Fsp3) is 0.917. The summed E-state index contributed by atoms with van der Waals surface area (Å²) in [7, 11) is 0. The molecule has 100 valence electrons. The molecule has 1 rings (SSSR count). The average Bonchev–Trinajstić information content (AvgIpc) is 2.13. The van der Waals surface area contributed by atoms with Gasteiger partial charge in [-0.05, 0) is 34.6 Å². The van der Waals surface area contributed by atoms with Crippen LogP contribution in [-0.4, -0.2) is 47.9 Å². The van der Waals surface area contributed by atoms with Gasteiger partial charge in [-0.15, -0.1) is 0 Å². The molecule has 17 heavy (non-hydrogen) atoms. The van der Waals surface area contributed by atoms with Crippen LogP contribution < -0.4 is 5.73 Å². The Bertz CT molecular complexity index is 275. The van der Waals surface area contributed by atoms with Gasteiger partial charge < -0.3 is 15.2 Å². The van der Waals surface area contributed by atoms with Gasteiger partial charge in [-0.3, -0.25) is 4.90 Å². The summed E-state index contributed by atoms with van der Waals surface area (Å²) in [6, 6.07) is -0.110. The quantitative estimate of drug-likeness (QED) is 0.756. The van der Waals surface area contributed by atoms with Crippen LogP contribution in [0.25, 0.3) is 0 Å². The molecule has 1 amide bonds. The summed E-state index contributed by atoms with van der Waals surface area (Å²) < 4.78 is 11.1. The molecule has 1 heterocycles. The van der Waals surface area contributed by atoms with Gasteiger partial charge in [-0.2, -0.15) is 0 Å². The summed E-state index contributed by atoms with van der Waals surface area (Å²) in [5, 5.41) is 0. The van der Waals surface area contributed by atoms with Crippen molar-refractivity contribution >= 4 is 6.09 Å². The molecule has 2 N–H and O–H groups in total. The monoisotopic (exact) mass is 244 g/mol. The molecule has 1 saturated heterocycles. The fourth-order valence-electron chi connectivity index (χ4n) is 2.02. The predicted octanol–water partition coefficient (Wildman–Crippen LogP) is 1.36. The molecular formula is C12H24N2O3. The van der Waals surface area contributed by atoms with E-state index in [0.717, 1.165) is 0 Å². The van der Waals surface area contributed by atoms with Gasteiger partial charge >= 0.3 is 6.09 Å². The minimum absolute atomic E-state index is 0.0142. The lowest BCUT2D eigenvalue weighted by molar-refractivity contribution is -0.101. The van der Waals surface area contributed by atoms with Gasteiger partial charge in [0, 0.05) is 6.54 Å². The zero-order chi connectivity index (χ0) is 13.2. The third kappa shape index (κ3) is 3.85. The van der Waals surface area contributed by atoms with Crippen molar-refractivity contribution in [1.82, 2.24) is 4.90 Å². The first-order chi connectivity index (χ1) is 7.74. The first kappa shape index (κ1) is 14.3. The Labute approximate surface area is 103 Å². The van der Waals surface area contributed by atoms with Gasteiger partial charge in [0.25, 0.3) is 0 Å². The highest BCUT2D eigenvalue weighted by Gasteiger charge is 2.36. The number of carbonyl (C=O) groups excluding carboxylic acids is 1. The maximum Gasteiger partial charge on any atom is 0.410 e. The second-order valence-corrected chi connectivity index (χ2v) is 5.59. The van der Waals surface area contributed by atoms with E-state index in [1.54, 1.807) is 4.90 Å². The fourth-order valence-corrected chi connectivity index (χ4v) is 2.02. The SMILES string of the molecule is C[C@@H]1O[C@@H](C)CN(C(=O)OC(C)(C)C)[C@@H]1CN. The summed E-state index contributed by atoms with van der Waals surface area (Å²) in [6.45, 7) is 10.4. The second kappa shape index (κ2) is 5.23. The molecule has 0 unspecified atom stereocenters. The second-order valence-electron chi connectivity index (χ2n) is 5.59. The van der Waals surface area contributed by atoms with Crippen LogP contribution in [0.15, 0.2) is 0 Å². The molecule has 0 saturated carbocycles. The van der Waals surface area contributed by atoms with E-state index in [0.29, 0.717) is 13.1 Å². The highest BCUT2D eigenvalue weighted by molar-refractivity contribution is 5.69. The lowest BCUT2D eigenvalue weighted by Gasteiger charge is -2.42. The van der Waals surface area contributed by atoms with Gasteiger partial charge in [-0.1, -0.05) is 0 Å². The van der Waals surface area contributed by atoms with Crippen molar-refractivity contribution in [2.75, 3.05) is 13.1 Å². The molecule has 0 radical (unpaired) electrons. The lowest BCUT2D eigenvalue weighted by Crippen LogP contribution is -2.59. The van der Waals surface area contributed by atoms with Crippen LogP contribution in [0.1, 0.15) is 34.6 Å². The summed E-state index contributed by atoms with van der Waals surface area (Å²) in [4.78, 5) is 13.8. The smallest absolute Gasteiger partial charge is 0.410 e. The Balaban J connectivity index is 2.74. The van der Waals surface area contributed by atoms with Crippen LogP contribution in [-0.2, 0) is 9.47 Å². The molecule has 0 aromatic carbocycles. The molecule has 0 aromatic rings. The summed E-state index contributed by atoms with van der Waals surface area (Å²) in [5.74, 6) is 0. The van der Waals surface area contributed by atoms with Crippen molar-refractivity contribution in [3.63, 3.8) is 0 Å². The Morgan fingerprint density at radius 1 is 1.47 bits per heavy atom. The van der Waals surface area contributed by atoms with Crippen molar-refractivity contribution in [2.45, 2.75) is 58.5 Å². The molecule has 0 aromatic heterocycles. The number of nitrogens with two attached hydrogens (primary N) is 1. The number of rotatable bonds is 1. The van der Waals surface area contributed by atoms with Crippen molar-refractivity contribution in [3.05, 3.63) is 0 Å². The van der Waals surface area contributed by atoms with Crippen molar-refractivity contribution in [2.24, 2.45) is 5.73 Å².